The van der Waals surface area contributed by atoms with E-state index in [4.69, 9.17) is 15.2 Å². The van der Waals surface area contributed by atoms with Gasteiger partial charge in [-0.25, -0.2) is 0 Å². The number of rotatable bonds is 6. The molecule has 23 heavy (non-hydrogen) atoms. The maximum atomic E-state index is 5.91. The van der Waals surface area contributed by atoms with Crippen molar-refractivity contribution < 1.29 is 9.47 Å². The highest BCUT2D eigenvalue weighted by atomic mass is 16.5. The molecule has 3 N–H and O–H groups in total. The van der Waals surface area contributed by atoms with Crippen LogP contribution < -0.4 is 15.8 Å². The van der Waals surface area contributed by atoms with Crippen LogP contribution in [-0.2, 0) is 4.74 Å². The molecule has 1 aliphatic rings. The topological polar surface area (TPSA) is 72.1 Å². The van der Waals surface area contributed by atoms with E-state index in [2.05, 4.69) is 29.1 Å². The standard InChI is InChI=1S/C17H28N4O2/c1-13-11-21(12-14(2)23-13)10-4-9-19-17(18)20-15-5-7-16(22-3)8-6-15/h5-8,13-14H,4,9-12H2,1-3H3,(H3,18,19,20). The molecule has 0 bridgehead atoms. The number of nitrogens with zero attached hydrogens (tertiary/aromatic N) is 2. The fraction of sp³-hybridized carbons (Fsp3) is 0.588. The average molecular weight is 320 g/mol. The van der Waals surface area contributed by atoms with Gasteiger partial charge in [0, 0.05) is 31.9 Å². The van der Waals surface area contributed by atoms with Crippen LogP contribution in [0.5, 0.6) is 5.75 Å². The number of benzene rings is 1. The van der Waals surface area contributed by atoms with Gasteiger partial charge in [0.05, 0.1) is 19.3 Å². The molecule has 2 rings (SSSR count). The second-order valence-corrected chi connectivity index (χ2v) is 5.99. The first kappa shape index (κ1) is 17.6. The number of aliphatic imine (C=N–C) groups is 1. The smallest absolute Gasteiger partial charge is 0.193 e. The van der Waals surface area contributed by atoms with Crippen LogP contribution >= 0.6 is 0 Å². The van der Waals surface area contributed by atoms with Crippen molar-refractivity contribution in [2.24, 2.45) is 10.7 Å². The molecule has 0 radical (unpaired) electrons. The zero-order valence-corrected chi connectivity index (χ0v) is 14.3. The number of methoxy groups -OCH3 is 1. The Hall–Kier alpha value is -1.79. The lowest BCUT2D eigenvalue weighted by atomic mass is 10.2. The molecule has 0 aliphatic carbocycles. The van der Waals surface area contributed by atoms with Gasteiger partial charge in [0.25, 0.3) is 0 Å². The third kappa shape index (κ3) is 6.08. The third-order valence-corrected chi connectivity index (χ3v) is 3.77. The molecule has 128 valence electrons. The Morgan fingerprint density at radius 2 is 1.96 bits per heavy atom. The Morgan fingerprint density at radius 1 is 1.30 bits per heavy atom. The third-order valence-electron chi connectivity index (χ3n) is 3.77. The van der Waals surface area contributed by atoms with Crippen molar-refractivity contribution in [3.8, 4) is 5.75 Å². The molecule has 1 fully saturated rings. The lowest BCUT2D eigenvalue weighted by Gasteiger charge is -2.35. The molecular weight excluding hydrogens is 292 g/mol. The SMILES string of the molecule is COc1ccc(NC(N)=NCCCN2CC(C)OC(C)C2)cc1. The van der Waals surface area contributed by atoms with Crippen molar-refractivity contribution in [3.63, 3.8) is 0 Å². The lowest BCUT2D eigenvalue weighted by molar-refractivity contribution is -0.0679. The van der Waals surface area contributed by atoms with E-state index in [0.29, 0.717) is 18.2 Å². The van der Waals surface area contributed by atoms with Gasteiger partial charge in [-0.05, 0) is 44.5 Å². The molecule has 0 spiro atoms. The minimum absolute atomic E-state index is 0.309. The number of nitrogens with one attached hydrogen (secondary N) is 1. The summed E-state index contributed by atoms with van der Waals surface area (Å²) in [6, 6.07) is 7.60. The summed E-state index contributed by atoms with van der Waals surface area (Å²) >= 11 is 0. The Balaban J connectivity index is 1.70. The summed E-state index contributed by atoms with van der Waals surface area (Å²) in [5, 5.41) is 3.08. The summed E-state index contributed by atoms with van der Waals surface area (Å²) in [4.78, 5) is 6.81. The summed E-state index contributed by atoms with van der Waals surface area (Å²) in [6.45, 7) is 7.98. The molecule has 6 heteroatoms. The Labute approximate surface area is 138 Å². The average Bonchev–Trinajstić information content (AvgIpc) is 2.51. The molecular formula is C17H28N4O2. The summed E-state index contributed by atoms with van der Waals surface area (Å²) in [6.07, 6.45) is 1.61. The van der Waals surface area contributed by atoms with E-state index >= 15 is 0 Å². The maximum Gasteiger partial charge on any atom is 0.193 e. The van der Waals surface area contributed by atoms with Crippen LogP contribution in [0.3, 0.4) is 0 Å². The highest BCUT2D eigenvalue weighted by molar-refractivity contribution is 5.92. The van der Waals surface area contributed by atoms with Crippen LogP contribution in [0.15, 0.2) is 29.3 Å². The number of nitrogens with two attached hydrogens (primary N) is 1. The van der Waals surface area contributed by atoms with E-state index in [0.717, 1.165) is 44.0 Å². The van der Waals surface area contributed by atoms with E-state index in [9.17, 15) is 0 Å². The highest BCUT2D eigenvalue weighted by Crippen LogP contribution is 2.14. The first-order valence-electron chi connectivity index (χ1n) is 8.15. The molecule has 1 aliphatic heterocycles. The second-order valence-electron chi connectivity index (χ2n) is 5.99. The van der Waals surface area contributed by atoms with Crippen LogP contribution in [-0.4, -0.2) is 56.4 Å². The fourth-order valence-corrected chi connectivity index (χ4v) is 2.82. The van der Waals surface area contributed by atoms with Crippen LogP contribution in [0.1, 0.15) is 20.3 Å². The van der Waals surface area contributed by atoms with Crippen molar-refractivity contribution in [1.29, 1.82) is 0 Å². The van der Waals surface area contributed by atoms with Gasteiger partial charge in [0.1, 0.15) is 5.75 Å². The van der Waals surface area contributed by atoms with Crippen molar-refractivity contribution >= 4 is 11.6 Å². The van der Waals surface area contributed by atoms with Crippen LogP contribution in [0.25, 0.3) is 0 Å². The van der Waals surface area contributed by atoms with Gasteiger partial charge in [0.2, 0.25) is 0 Å². The van der Waals surface area contributed by atoms with E-state index in [1.807, 2.05) is 24.3 Å². The van der Waals surface area contributed by atoms with Gasteiger partial charge in [-0.2, -0.15) is 0 Å². The molecule has 0 saturated carbocycles. The van der Waals surface area contributed by atoms with Gasteiger partial charge < -0.3 is 20.5 Å². The molecule has 0 amide bonds. The number of hydrogen-bond acceptors (Lipinski definition) is 4. The summed E-state index contributed by atoms with van der Waals surface area (Å²) in [5.41, 5.74) is 6.82. The van der Waals surface area contributed by atoms with Crippen molar-refractivity contribution in [2.45, 2.75) is 32.5 Å². The lowest BCUT2D eigenvalue weighted by Crippen LogP contribution is -2.45. The molecule has 6 nitrogen and oxygen atoms in total. The van der Waals surface area contributed by atoms with Gasteiger partial charge >= 0.3 is 0 Å². The van der Waals surface area contributed by atoms with E-state index in [1.54, 1.807) is 7.11 Å². The number of anilines is 1. The monoisotopic (exact) mass is 320 g/mol. The summed E-state index contributed by atoms with van der Waals surface area (Å²) in [5.74, 6) is 1.26. The number of ether oxygens (including phenoxy) is 2. The normalized spacial score (nSPS) is 22.8. The summed E-state index contributed by atoms with van der Waals surface area (Å²) < 4.78 is 10.9. The maximum absolute atomic E-state index is 5.91. The fourth-order valence-electron chi connectivity index (χ4n) is 2.82. The highest BCUT2D eigenvalue weighted by Gasteiger charge is 2.21. The first-order valence-corrected chi connectivity index (χ1v) is 8.15. The number of guanidine groups is 1. The summed E-state index contributed by atoms with van der Waals surface area (Å²) in [7, 11) is 1.65. The minimum Gasteiger partial charge on any atom is -0.497 e. The van der Waals surface area contributed by atoms with Crippen LogP contribution in [0, 0.1) is 0 Å². The van der Waals surface area contributed by atoms with Gasteiger partial charge in [-0.1, -0.05) is 0 Å². The van der Waals surface area contributed by atoms with Crippen molar-refractivity contribution in [1.82, 2.24) is 4.90 Å². The van der Waals surface area contributed by atoms with Gasteiger partial charge in [-0.15, -0.1) is 0 Å². The van der Waals surface area contributed by atoms with Crippen LogP contribution in [0.2, 0.25) is 0 Å². The van der Waals surface area contributed by atoms with Crippen molar-refractivity contribution in [3.05, 3.63) is 24.3 Å². The second kappa shape index (κ2) is 8.74. The van der Waals surface area contributed by atoms with Gasteiger partial charge in [-0.3, -0.25) is 9.89 Å². The van der Waals surface area contributed by atoms with Gasteiger partial charge in [0.15, 0.2) is 5.96 Å². The Morgan fingerprint density at radius 3 is 2.57 bits per heavy atom. The molecule has 2 unspecified atom stereocenters. The molecule has 1 aromatic rings. The van der Waals surface area contributed by atoms with E-state index in [1.165, 1.54) is 0 Å². The zero-order valence-electron chi connectivity index (χ0n) is 14.3. The zero-order chi connectivity index (χ0) is 16.7. The molecule has 2 atom stereocenters. The predicted molar refractivity (Wildman–Crippen MR) is 94.2 cm³/mol. The number of morpholine rings is 1. The quantitative estimate of drug-likeness (QED) is 0.476. The largest absolute Gasteiger partial charge is 0.497 e. The van der Waals surface area contributed by atoms with Crippen LogP contribution in [0.4, 0.5) is 5.69 Å². The Bertz CT molecular complexity index is 494. The molecule has 0 aromatic heterocycles. The Kier molecular flexibility index (Phi) is 6.67. The van der Waals surface area contributed by atoms with Crippen molar-refractivity contribution in [2.75, 3.05) is 38.6 Å². The first-order chi connectivity index (χ1) is 11.1. The molecule has 1 aromatic carbocycles. The minimum atomic E-state index is 0.309. The number of hydrogen-bond donors (Lipinski definition) is 2. The molecule has 1 heterocycles. The van der Waals surface area contributed by atoms with E-state index in [-0.39, 0.29) is 0 Å². The predicted octanol–water partition coefficient (Wildman–Crippen LogP) is 1.92. The van der Waals surface area contributed by atoms with E-state index < -0.39 is 0 Å². The molecule has 1 saturated heterocycles.